The van der Waals surface area contributed by atoms with Crippen molar-refractivity contribution >= 4 is 12.0 Å². The van der Waals surface area contributed by atoms with Crippen molar-refractivity contribution in [2.24, 2.45) is 0 Å². The van der Waals surface area contributed by atoms with E-state index in [1.165, 1.54) is 42.5 Å². The molecule has 2 heterocycles. The van der Waals surface area contributed by atoms with E-state index in [1.54, 1.807) is 0 Å². The highest BCUT2D eigenvalue weighted by molar-refractivity contribution is 5.87. The Hall–Kier alpha value is -3.35. The number of fused-ring (bicyclic) bond motifs is 1. The van der Waals surface area contributed by atoms with Crippen LogP contribution in [0.5, 0.6) is 23.0 Å². The van der Waals surface area contributed by atoms with Gasteiger partial charge in [-0.1, -0.05) is 12.1 Å². The molecule has 0 spiro atoms. The van der Waals surface area contributed by atoms with E-state index in [-0.39, 0.29) is 36.2 Å². The van der Waals surface area contributed by atoms with Gasteiger partial charge in [-0.25, -0.2) is 4.79 Å². The largest absolute Gasteiger partial charge is 0.504 e. The average Bonchev–Trinajstić information content (AvgIpc) is 2.82. The standard InChI is InChI=1S/C23H24O11/c24-13-4-1-11(7-15(13)26)2-6-19(28)31-10-18-20(29)21(30)22-23(34-18)32-9-17(33-22)12-3-5-14(25)16(27)8-12/h1-8,17-18,20-27,29-30H,9-10H2/t17-,18+,20-,21+,22+,23-/m1/s1. The molecule has 0 saturated carbocycles. The number of aromatic hydroxyl groups is 4. The first kappa shape index (κ1) is 23.8. The molecule has 2 aliphatic heterocycles. The quantitative estimate of drug-likeness (QED) is 0.203. The lowest BCUT2D eigenvalue weighted by atomic mass is 9.97. The molecule has 0 unspecified atom stereocenters. The fraction of sp³-hybridized carbons (Fsp3) is 0.348. The molecule has 6 atom stereocenters. The van der Waals surface area contributed by atoms with Crippen LogP contribution >= 0.6 is 0 Å². The fourth-order valence-corrected chi connectivity index (χ4v) is 3.67. The van der Waals surface area contributed by atoms with Crippen molar-refractivity contribution in [1.82, 2.24) is 0 Å². The molecule has 4 rings (SSSR count). The molecule has 0 aliphatic carbocycles. The molecule has 0 amide bonds. The molecule has 2 fully saturated rings. The van der Waals surface area contributed by atoms with Crippen molar-refractivity contribution in [2.75, 3.05) is 13.2 Å². The zero-order valence-corrected chi connectivity index (χ0v) is 17.7. The lowest BCUT2D eigenvalue weighted by Crippen LogP contribution is -2.62. The Balaban J connectivity index is 1.33. The molecular weight excluding hydrogens is 452 g/mol. The minimum Gasteiger partial charge on any atom is -0.504 e. The van der Waals surface area contributed by atoms with E-state index in [1.807, 2.05) is 0 Å². The molecule has 2 aliphatic rings. The van der Waals surface area contributed by atoms with Crippen molar-refractivity contribution in [3.63, 3.8) is 0 Å². The summed E-state index contributed by atoms with van der Waals surface area (Å²) in [5, 5.41) is 58.9. The number of phenolic OH excluding ortho intramolecular Hbond substituents is 4. The van der Waals surface area contributed by atoms with Gasteiger partial charge in [-0.3, -0.25) is 0 Å². The first-order valence-corrected chi connectivity index (χ1v) is 10.4. The van der Waals surface area contributed by atoms with Crippen LogP contribution < -0.4 is 0 Å². The molecule has 6 N–H and O–H groups in total. The highest BCUT2D eigenvalue weighted by Crippen LogP contribution is 2.36. The summed E-state index contributed by atoms with van der Waals surface area (Å²) in [6.07, 6.45) is -4.23. The molecule has 34 heavy (non-hydrogen) atoms. The van der Waals surface area contributed by atoms with Crippen molar-refractivity contribution in [2.45, 2.75) is 36.8 Å². The molecular formula is C23H24O11. The van der Waals surface area contributed by atoms with Crippen LogP contribution in [0.4, 0.5) is 0 Å². The van der Waals surface area contributed by atoms with Gasteiger partial charge in [0.15, 0.2) is 29.3 Å². The maximum atomic E-state index is 12.0. The molecule has 182 valence electrons. The van der Waals surface area contributed by atoms with Crippen LogP contribution in [0.15, 0.2) is 42.5 Å². The fourth-order valence-electron chi connectivity index (χ4n) is 3.67. The van der Waals surface area contributed by atoms with Crippen molar-refractivity contribution in [1.29, 1.82) is 0 Å². The van der Waals surface area contributed by atoms with Crippen LogP contribution in [0.3, 0.4) is 0 Å². The lowest BCUT2D eigenvalue weighted by molar-refractivity contribution is -0.350. The Morgan fingerprint density at radius 3 is 2.35 bits per heavy atom. The number of carbonyl (C=O) groups excluding carboxylic acids is 1. The highest BCUT2D eigenvalue weighted by atomic mass is 16.7. The topological polar surface area (TPSA) is 175 Å². The number of phenols is 4. The summed E-state index contributed by atoms with van der Waals surface area (Å²) in [4.78, 5) is 12.0. The number of hydrogen-bond donors (Lipinski definition) is 6. The van der Waals surface area contributed by atoms with E-state index < -0.39 is 42.8 Å². The number of rotatable bonds is 5. The smallest absolute Gasteiger partial charge is 0.330 e. The monoisotopic (exact) mass is 476 g/mol. The summed E-state index contributed by atoms with van der Waals surface area (Å²) < 4.78 is 22.2. The third-order valence-corrected chi connectivity index (χ3v) is 5.55. The summed E-state index contributed by atoms with van der Waals surface area (Å²) in [7, 11) is 0. The van der Waals surface area contributed by atoms with Gasteiger partial charge in [0.05, 0.1) is 6.61 Å². The molecule has 2 saturated heterocycles. The van der Waals surface area contributed by atoms with Crippen LogP contribution in [0.25, 0.3) is 6.08 Å². The zero-order chi connectivity index (χ0) is 24.4. The summed E-state index contributed by atoms with van der Waals surface area (Å²) in [5.41, 5.74) is 0.948. The molecule has 0 radical (unpaired) electrons. The summed E-state index contributed by atoms with van der Waals surface area (Å²) >= 11 is 0. The minimum atomic E-state index is -1.44. The Morgan fingerprint density at radius 1 is 0.941 bits per heavy atom. The van der Waals surface area contributed by atoms with Crippen molar-refractivity contribution < 1.29 is 54.4 Å². The Kier molecular flexibility index (Phi) is 6.91. The van der Waals surface area contributed by atoms with Crippen molar-refractivity contribution in [3.8, 4) is 23.0 Å². The lowest BCUT2D eigenvalue weighted by Gasteiger charge is -2.46. The third kappa shape index (κ3) is 5.08. The molecule has 2 aromatic rings. The third-order valence-electron chi connectivity index (χ3n) is 5.55. The van der Waals surface area contributed by atoms with E-state index in [0.717, 1.165) is 6.08 Å². The Bertz CT molecular complexity index is 1070. The number of benzene rings is 2. The first-order chi connectivity index (χ1) is 16.2. The van der Waals surface area contributed by atoms with Crippen LogP contribution in [0, 0.1) is 0 Å². The molecule has 0 aromatic heterocycles. The number of aliphatic hydroxyl groups excluding tert-OH is 2. The number of hydrogen-bond acceptors (Lipinski definition) is 11. The number of carbonyl (C=O) groups is 1. The normalized spacial score (nSPS) is 29.0. The Labute approximate surface area is 193 Å². The van der Waals surface area contributed by atoms with Gasteiger partial charge in [-0.2, -0.15) is 0 Å². The minimum absolute atomic E-state index is 0.0168. The van der Waals surface area contributed by atoms with Crippen LogP contribution in [-0.2, 0) is 23.7 Å². The average molecular weight is 476 g/mol. The maximum absolute atomic E-state index is 12.0. The second kappa shape index (κ2) is 9.87. The number of aliphatic hydroxyl groups is 2. The molecule has 0 bridgehead atoms. The van der Waals surface area contributed by atoms with Gasteiger partial charge in [0.1, 0.15) is 37.1 Å². The SMILES string of the molecule is O=C(C=Cc1ccc(O)c(O)c1)OC[C@@H]1O[C@H]2OC[C@H](c3ccc(O)c(O)c3)O[C@H]2[C@@H](O)[C@@H]1O. The predicted octanol–water partition coefficient (Wildman–Crippen LogP) is 0.669. The van der Waals surface area contributed by atoms with Gasteiger partial charge in [0.25, 0.3) is 0 Å². The molecule has 11 nitrogen and oxygen atoms in total. The van der Waals surface area contributed by atoms with Gasteiger partial charge < -0.3 is 49.6 Å². The zero-order valence-electron chi connectivity index (χ0n) is 17.7. The highest BCUT2D eigenvalue weighted by Gasteiger charge is 2.49. The van der Waals surface area contributed by atoms with E-state index >= 15 is 0 Å². The van der Waals surface area contributed by atoms with Gasteiger partial charge in [-0.15, -0.1) is 0 Å². The number of esters is 1. The van der Waals surface area contributed by atoms with Gasteiger partial charge in [0.2, 0.25) is 0 Å². The predicted molar refractivity (Wildman–Crippen MR) is 114 cm³/mol. The van der Waals surface area contributed by atoms with Gasteiger partial charge >= 0.3 is 5.97 Å². The molecule has 2 aromatic carbocycles. The second-order valence-electron chi connectivity index (χ2n) is 7.91. The van der Waals surface area contributed by atoms with Gasteiger partial charge in [-0.05, 0) is 41.5 Å². The van der Waals surface area contributed by atoms with Crippen molar-refractivity contribution in [3.05, 3.63) is 53.6 Å². The number of ether oxygens (including phenoxy) is 4. The maximum Gasteiger partial charge on any atom is 0.330 e. The van der Waals surface area contributed by atoms with Crippen LogP contribution in [0.2, 0.25) is 0 Å². The summed E-state index contributed by atoms with van der Waals surface area (Å²) in [6, 6.07) is 8.15. The van der Waals surface area contributed by atoms with Gasteiger partial charge in [0, 0.05) is 6.08 Å². The van der Waals surface area contributed by atoms with Crippen LogP contribution in [-0.4, -0.2) is 80.5 Å². The van der Waals surface area contributed by atoms with E-state index in [2.05, 4.69) is 0 Å². The summed E-state index contributed by atoms with van der Waals surface area (Å²) in [6.45, 7) is -0.354. The van der Waals surface area contributed by atoms with E-state index in [9.17, 15) is 35.4 Å². The van der Waals surface area contributed by atoms with E-state index in [4.69, 9.17) is 18.9 Å². The van der Waals surface area contributed by atoms with Crippen LogP contribution in [0.1, 0.15) is 17.2 Å². The molecule has 11 heteroatoms. The Morgan fingerprint density at radius 2 is 1.65 bits per heavy atom. The summed E-state index contributed by atoms with van der Waals surface area (Å²) in [5.74, 6) is -2.00. The first-order valence-electron chi connectivity index (χ1n) is 10.4. The van der Waals surface area contributed by atoms with E-state index in [0.29, 0.717) is 11.1 Å². The second-order valence-corrected chi connectivity index (χ2v) is 7.91.